The summed E-state index contributed by atoms with van der Waals surface area (Å²) in [5.41, 5.74) is 3.69. The Hall–Kier alpha value is -2.66. The summed E-state index contributed by atoms with van der Waals surface area (Å²) in [6.45, 7) is 5.80. The molecular formula is C22H26N2O3. The molecule has 0 radical (unpaired) electrons. The molecule has 2 aromatic rings. The van der Waals surface area contributed by atoms with E-state index < -0.39 is 0 Å². The predicted octanol–water partition coefficient (Wildman–Crippen LogP) is 3.43. The molecule has 5 nitrogen and oxygen atoms in total. The van der Waals surface area contributed by atoms with Gasteiger partial charge in [0, 0.05) is 30.8 Å². The molecule has 0 aliphatic carbocycles. The van der Waals surface area contributed by atoms with Gasteiger partial charge >= 0.3 is 0 Å². The highest BCUT2D eigenvalue weighted by Gasteiger charge is 2.22. The molecule has 5 heteroatoms. The number of carbonyl (C=O) groups is 2. The third-order valence-corrected chi connectivity index (χ3v) is 4.71. The quantitative estimate of drug-likeness (QED) is 0.882. The van der Waals surface area contributed by atoms with Gasteiger partial charge in [0.25, 0.3) is 5.91 Å². The summed E-state index contributed by atoms with van der Waals surface area (Å²) in [6, 6.07) is 15.3. The number of nitrogens with zero attached hydrogens (tertiary/aromatic N) is 1. The van der Waals surface area contributed by atoms with Crippen molar-refractivity contribution in [1.82, 2.24) is 4.90 Å². The number of ether oxygens (including phenoxy) is 1. The molecule has 1 N–H and O–H groups in total. The Kier molecular flexibility index (Phi) is 6.24. The molecule has 1 aliphatic heterocycles. The van der Waals surface area contributed by atoms with E-state index in [1.54, 1.807) is 24.3 Å². The monoisotopic (exact) mass is 366 g/mol. The average Bonchev–Trinajstić information content (AvgIpc) is 2.67. The third kappa shape index (κ3) is 5.41. The lowest BCUT2D eigenvalue weighted by Crippen LogP contribution is -2.44. The van der Waals surface area contributed by atoms with Crippen LogP contribution >= 0.6 is 0 Å². The molecule has 1 unspecified atom stereocenters. The Morgan fingerprint density at radius 1 is 1.11 bits per heavy atom. The maximum absolute atomic E-state index is 12.5. The van der Waals surface area contributed by atoms with Gasteiger partial charge in [-0.3, -0.25) is 9.59 Å². The van der Waals surface area contributed by atoms with Gasteiger partial charge < -0.3 is 15.0 Å². The summed E-state index contributed by atoms with van der Waals surface area (Å²) in [5.74, 6) is -0.0287. The Bertz CT molecular complexity index is 784. The fraction of sp³-hybridized carbons (Fsp3) is 0.364. The molecule has 1 aliphatic rings. The fourth-order valence-corrected chi connectivity index (χ4v) is 3.12. The van der Waals surface area contributed by atoms with Crippen LogP contribution in [0.5, 0.6) is 0 Å². The van der Waals surface area contributed by atoms with Gasteiger partial charge in [0.2, 0.25) is 5.91 Å². The predicted molar refractivity (Wildman–Crippen MR) is 106 cm³/mol. The molecule has 2 aromatic carbocycles. The van der Waals surface area contributed by atoms with E-state index in [2.05, 4.69) is 29.6 Å². The Labute approximate surface area is 160 Å². The van der Waals surface area contributed by atoms with Gasteiger partial charge in [0.15, 0.2) is 0 Å². The lowest BCUT2D eigenvalue weighted by Gasteiger charge is -2.31. The largest absolute Gasteiger partial charge is 0.375 e. The zero-order chi connectivity index (χ0) is 19.2. The summed E-state index contributed by atoms with van der Waals surface area (Å²) in [5, 5.41) is 2.89. The van der Waals surface area contributed by atoms with E-state index >= 15 is 0 Å². The average molecular weight is 366 g/mol. The Balaban J connectivity index is 1.51. The first-order valence-corrected chi connectivity index (χ1v) is 9.37. The highest BCUT2D eigenvalue weighted by Crippen LogP contribution is 2.15. The molecule has 27 heavy (non-hydrogen) atoms. The van der Waals surface area contributed by atoms with E-state index in [1.807, 2.05) is 18.7 Å². The molecule has 1 saturated heterocycles. The fourth-order valence-electron chi connectivity index (χ4n) is 3.12. The number of anilines is 1. The number of benzene rings is 2. The molecule has 0 aromatic heterocycles. The van der Waals surface area contributed by atoms with Crippen LogP contribution in [0.4, 0.5) is 5.69 Å². The topological polar surface area (TPSA) is 58.6 Å². The zero-order valence-electron chi connectivity index (χ0n) is 15.9. The van der Waals surface area contributed by atoms with Crippen LogP contribution < -0.4 is 5.32 Å². The maximum atomic E-state index is 12.5. The van der Waals surface area contributed by atoms with Crippen molar-refractivity contribution < 1.29 is 14.3 Å². The van der Waals surface area contributed by atoms with Crippen molar-refractivity contribution in [3.05, 3.63) is 65.2 Å². The first-order chi connectivity index (χ1) is 13.0. The molecule has 0 bridgehead atoms. The van der Waals surface area contributed by atoms with Gasteiger partial charge in [0.05, 0.1) is 12.7 Å². The van der Waals surface area contributed by atoms with Crippen molar-refractivity contribution in [3.63, 3.8) is 0 Å². The van der Waals surface area contributed by atoms with Crippen LogP contribution in [0, 0.1) is 6.92 Å². The van der Waals surface area contributed by atoms with Crippen molar-refractivity contribution in [2.75, 3.05) is 25.0 Å². The van der Waals surface area contributed by atoms with Crippen LogP contribution in [0.15, 0.2) is 48.5 Å². The SMILES string of the molecule is Cc1ccc(CCC(=O)Nc2ccc(C(=O)N3CCOC(C)C3)cc2)cc1. The van der Waals surface area contributed by atoms with Crippen LogP contribution in [-0.2, 0) is 16.0 Å². The molecule has 142 valence electrons. The molecular weight excluding hydrogens is 340 g/mol. The molecule has 1 fully saturated rings. The lowest BCUT2D eigenvalue weighted by molar-refractivity contribution is -0.116. The number of rotatable bonds is 5. The summed E-state index contributed by atoms with van der Waals surface area (Å²) < 4.78 is 5.48. The summed E-state index contributed by atoms with van der Waals surface area (Å²) in [4.78, 5) is 26.5. The van der Waals surface area contributed by atoms with Crippen molar-refractivity contribution in [1.29, 1.82) is 0 Å². The minimum atomic E-state index is -0.0309. The van der Waals surface area contributed by atoms with Crippen LogP contribution in [0.3, 0.4) is 0 Å². The van der Waals surface area contributed by atoms with Crippen molar-refractivity contribution in [3.8, 4) is 0 Å². The number of hydrogen-bond acceptors (Lipinski definition) is 3. The van der Waals surface area contributed by atoms with E-state index in [-0.39, 0.29) is 17.9 Å². The van der Waals surface area contributed by atoms with E-state index in [4.69, 9.17) is 4.74 Å². The smallest absolute Gasteiger partial charge is 0.254 e. The molecule has 2 amide bonds. The van der Waals surface area contributed by atoms with E-state index in [1.165, 1.54) is 5.56 Å². The third-order valence-electron chi connectivity index (χ3n) is 4.71. The van der Waals surface area contributed by atoms with Crippen molar-refractivity contribution in [2.24, 2.45) is 0 Å². The summed E-state index contributed by atoms with van der Waals surface area (Å²) in [6.07, 6.45) is 1.20. The second-order valence-electron chi connectivity index (χ2n) is 7.04. The van der Waals surface area contributed by atoms with E-state index in [0.29, 0.717) is 43.8 Å². The van der Waals surface area contributed by atoms with Gasteiger partial charge in [-0.15, -0.1) is 0 Å². The minimum Gasteiger partial charge on any atom is -0.375 e. The van der Waals surface area contributed by atoms with Crippen molar-refractivity contribution in [2.45, 2.75) is 32.8 Å². The minimum absolute atomic E-state index is 0.00222. The van der Waals surface area contributed by atoms with Crippen LogP contribution in [0.1, 0.15) is 34.8 Å². The van der Waals surface area contributed by atoms with Gasteiger partial charge in [-0.05, 0) is 50.1 Å². The second-order valence-corrected chi connectivity index (χ2v) is 7.04. The molecule has 0 spiro atoms. The Morgan fingerprint density at radius 3 is 2.48 bits per heavy atom. The lowest BCUT2D eigenvalue weighted by atomic mass is 10.1. The molecule has 1 heterocycles. The highest BCUT2D eigenvalue weighted by molar-refractivity contribution is 5.96. The number of carbonyl (C=O) groups excluding carboxylic acids is 2. The molecule has 3 rings (SSSR count). The van der Waals surface area contributed by atoms with Crippen LogP contribution in [-0.4, -0.2) is 42.5 Å². The van der Waals surface area contributed by atoms with Gasteiger partial charge in [-0.1, -0.05) is 29.8 Å². The molecule has 0 saturated carbocycles. The number of hydrogen-bond donors (Lipinski definition) is 1. The highest BCUT2D eigenvalue weighted by atomic mass is 16.5. The van der Waals surface area contributed by atoms with Crippen LogP contribution in [0.2, 0.25) is 0 Å². The first-order valence-electron chi connectivity index (χ1n) is 9.37. The normalized spacial score (nSPS) is 16.8. The number of nitrogens with one attached hydrogen (secondary N) is 1. The number of morpholine rings is 1. The number of amides is 2. The second kappa shape index (κ2) is 8.82. The molecule has 1 atom stereocenters. The van der Waals surface area contributed by atoms with Gasteiger partial charge in [-0.2, -0.15) is 0 Å². The zero-order valence-corrected chi connectivity index (χ0v) is 15.9. The standard InChI is InChI=1S/C22H26N2O3/c1-16-3-5-18(6-4-16)7-12-21(25)23-20-10-8-19(9-11-20)22(26)24-13-14-27-17(2)15-24/h3-6,8-11,17H,7,12-15H2,1-2H3,(H,23,25). The van der Waals surface area contributed by atoms with E-state index in [0.717, 1.165) is 5.56 Å². The first kappa shape index (κ1) is 19.1. The van der Waals surface area contributed by atoms with E-state index in [9.17, 15) is 9.59 Å². The number of aryl methyl sites for hydroxylation is 2. The van der Waals surface area contributed by atoms with Crippen LogP contribution in [0.25, 0.3) is 0 Å². The summed E-state index contributed by atoms with van der Waals surface area (Å²) >= 11 is 0. The summed E-state index contributed by atoms with van der Waals surface area (Å²) in [7, 11) is 0. The Morgan fingerprint density at radius 2 is 1.81 bits per heavy atom. The maximum Gasteiger partial charge on any atom is 0.254 e. The van der Waals surface area contributed by atoms with Gasteiger partial charge in [0.1, 0.15) is 0 Å². The van der Waals surface area contributed by atoms with Crippen molar-refractivity contribution >= 4 is 17.5 Å². The van der Waals surface area contributed by atoms with Gasteiger partial charge in [-0.25, -0.2) is 0 Å².